The number of furan rings is 1. The zero-order valence-electron chi connectivity index (χ0n) is 9.26. The van der Waals surface area contributed by atoms with Crippen molar-refractivity contribution in [2.24, 2.45) is 0 Å². The van der Waals surface area contributed by atoms with Crippen LogP contribution in [0.15, 0.2) is 27.9 Å². The minimum Gasteiger partial charge on any atom is -0.451 e. The van der Waals surface area contributed by atoms with Crippen LogP contribution in [0.2, 0.25) is 0 Å². The van der Waals surface area contributed by atoms with Gasteiger partial charge in [0, 0.05) is 12.8 Å². The second-order valence-corrected chi connectivity index (χ2v) is 5.95. The van der Waals surface area contributed by atoms with E-state index < -0.39 is 10.1 Å². The maximum atomic E-state index is 11.7. The lowest BCUT2D eigenvalue weighted by Crippen LogP contribution is -2.43. The minimum absolute atomic E-state index is 0.127. The lowest BCUT2D eigenvalue weighted by Gasteiger charge is -2.27. The van der Waals surface area contributed by atoms with Crippen LogP contribution in [0.4, 0.5) is 0 Å². The zero-order chi connectivity index (χ0) is 11.6. The third kappa shape index (κ3) is 2.45. The Balaban J connectivity index is 2.00. The molecule has 90 valence electrons. The molecule has 5 nitrogen and oxygen atoms in total. The Morgan fingerprint density at radius 2 is 2.12 bits per heavy atom. The fourth-order valence-electron chi connectivity index (χ4n) is 1.89. The number of likely N-dealkylation sites (tertiary alicyclic amines) is 1. The van der Waals surface area contributed by atoms with Crippen molar-refractivity contribution in [3.8, 4) is 0 Å². The molecular weight excluding hydrogens is 230 g/mol. The van der Waals surface area contributed by atoms with Gasteiger partial charge in [-0.15, -0.1) is 0 Å². The van der Waals surface area contributed by atoms with Gasteiger partial charge in [-0.05, 0) is 12.1 Å². The van der Waals surface area contributed by atoms with Gasteiger partial charge >= 0.3 is 10.1 Å². The van der Waals surface area contributed by atoms with Gasteiger partial charge in [-0.1, -0.05) is 0 Å². The highest BCUT2D eigenvalue weighted by molar-refractivity contribution is 7.86. The van der Waals surface area contributed by atoms with Crippen molar-refractivity contribution in [2.45, 2.75) is 17.9 Å². The molecule has 1 saturated heterocycles. The monoisotopic (exact) mass is 246 g/mol. The summed E-state index contributed by atoms with van der Waals surface area (Å²) in [6.07, 6.45) is 3.57. The summed E-state index contributed by atoms with van der Waals surface area (Å²) in [5, 5.41) is -0.127. The fourth-order valence-corrected chi connectivity index (χ4v) is 2.82. The Kier molecular flexibility index (Phi) is 3.05. The summed E-state index contributed by atoms with van der Waals surface area (Å²) in [7, 11) is -1.72. The van der Waals surface area contributed by atoms with Gasteiger partial charge in [0.15, 0.2) is 0 Å². The van der Waals surface area contributed by atoms with Crippen LogP contribution in [0.5, 0.6) is 0 Å². The average molecular weight is 246 g/mol. The lowest BCUT2D eigenvalue weighted by atomic mass is 10.4. The third-order valence-corrected chi connectivity index (χ3v) is 4.05. The summed E-state index contributed by atoms with van der Waals surface area (Å²) in [6.45, 7) is 2.12. The van der Waals surface area contributed by atoms with Gasteiger partial charge < -0.3 is 8.90 Å². The summed E-state index contributed by atoms with van der Waals surface area (Å²) >= 11 is 0. The van der Waals surface area contributed by atoms with Crippen LogP contribution in [0.3, 0.4) is 0 Å². The molecule has 1 aliphatic rings. The van der Waals surface area contributed by atoms with Crippen molar-refractivity contribution in [1.29, 1.82) is 0 Å². The van der Waals surface area contributed by atoms with Crippen LogP contribution < -0.4 is 0 Å². The van der Waals surface area contributed by atoms with Crippen LogP contribution in [0.25, 0.3) is 0 Å². The number of rotatable bonds is 4. The molecule has 1 aromatic rings. The van der Waals surface area contributed by atoms with E-state index in [-0.39, 0.29) is 11.8 Å². The standard InChI is InChI=1S/C10H16NO4S/c1-11(6-2-3-7-11)9-15-16(12,13)10-5-4-8-14-10/h4-5,8H,2-3,6-7,9H2,1H3/q+1. The topological polar surface area (TPSA) is 56.5 Å². The Morgan fingerprint density at radius 3 is 2.69 bits per heavy atom. The van der Waals surface area contributed by atoms with Crippen LogP contribution >= 0.6 is 0 Å². The Labute approximate surface area is 95.3 Å². The van der Waals surface area contributed by atoms with E-state index in [1.54, 1.807) is 0 Å². The van der Waals surface area contributed by atoms with Crippen LogP contribution in [0.1, 0.15) is 12.8 Å². The number of nitrogens with zero attached hydrogens (tertiary/aromatic N) is 1. The molecule has 0 spiro atoms. The lowest BCUT2D eigenvalue weighted by molar-refractivity contribution is -0.912. The maximum absolute atomic E-state index is 11.7. The van der Waals surface area contributed by atoms with E-state index in [1.165, 1.54) is 18.4 Å². The van der Waals surface area contributed by atoms with Crippen LogP contribution in [-0.2, 0) is 14.3 Å². The molecule has 0 bridgehead atoms. The molecule has 0 amide bonds. The van der Waals surface area contributed by atoms with E-state index in [2.05, 4.69) is 0 Å². The Morgan fingerprint density at radius 1 is 1.44 bits per heavy atom. The van der Waals surface area contributed by atoms with Crippen LogP contribution in [0, 0.1) is 0 Å². The molecule has 0 N–H and O–H groups in total. The number of quaternary nitrogens is 1. The molecule has 0 atom stereocenters. The van der Waals surface area contributed by atoms with E-state index in [0.717, 1.165) is 25.9 Å². The summed E-state index contributed by atoms with van der Waals surface area (Å²) in [5.74, 6) is 0. The molecule has 0 aromatic carbocycles. The average Bonchev–Trinajstić information content (AvgIpc) is 2.86. The molecule has 2 rings (SSSR count). The van der Waals surface area contributed by atoms with Gasteiger partial charge in [0.2, 0.25) is 11.8 Å². The number of hydrogen-bond acceptors (Lipinski definition) is 4. The largest absolute Gasteiger partial charge is 0.451 e. The summed E-state index contributed by atoms with van der Waals surface area (Å²) in [4.78, 5) is 0. The first-order chi connectivity index (χ1) is 7.52. The summed E-state index contributed by atoms with van der Waals surface area (Å²) in [5.41, 5.74) is 0. The summed E-state index contributed by atoms with van der Waals surface area (Å²) in [6, 6.07) is 2.92. The predicted octanol–water partition coefficient (Wildman–Crippen LogP) is 1.18. The van der Waals surface area contributed by atoms with Crippen molar-refractivity contribution in [1.82, 2.24) is 0 Å². The molecule has 1 fully saturated rings. The molecule has 1 aliphatic heterocycles. The van der Waals surface area contributed by atoms with Crippen molar-refractivity contribution >= 4 is 10.1 Å². The van der Waals surface area contributed by atoms with Gasteiger partial charge in [0.05, 0.1) is 26.4 Å². The first kappa shape index (κ1) is 11.6. The highest BCUT2D eigenvalue weighted by Gasteiger charge is 2.30. The fraction of sp³-hybridized carbons (Fsp3) is 0.600. The second kappa shape index (κ2) is 4.20. The van der Waals surface area contributed by atoms with Gasteiger partial charge in [-0.25, -0.2) is 4.18 Å². The summed E-state index contributed by atoms with van der Waals surface area (Å²) < 4.78 is 33.8. The molecule has 16 heavy (non-hydrogen) atoms. The number of hydrogen-bond donors (Lipinski definition) is 0. The first-order valence-corrected chi connectivity index (χ1v) is 6.69. The van der Waals surface area contributed by atoms with Gasteiger partial charge in [-0.3, -0.25) is 0 Å². The second-order valence-electron chi connectivity index (χ2n) is 4.41. The molecule has 1 aromatic heterocycles. The maximum Gasteiger partial charge on any atom is 0.335 e. The predicted molar refractivity (Wildman–Crippen MR) is 57.0 cm³/mol. The third-order valence-electron chi connectivity index (χ3n) is 2.91. The normalized spacial score (nSPS) is 20.1. The van der Waals surface area contributed by atoms with Gasteiger partial charge in [0.25, 0.3) is 0 Å². The molecule has 0 saturated carbocycles. The molecule has 0 aliphatic carbocycles. The smallest absolute Gasteiger partial charge is 0.335 e. The zero-order valence-corrected chi connectivity index (χ0v) is 10.1. The van der Waals surface area contributed by atoms with Crippen LogP contribution in [-0.4, -0.2) is 39.8 Å². The van der Waals surface area contributed by atoms with Crippen molar-refractivity contribution in [3.05, 3.63) is 18.4 Å². The van der Waals surface area contributed by atoms with E-state index in [4.69, 9.17) is 8.60 Å². The minimum atomic E-state index is -3.72. The van der Waals surface area contributed by atoms with Crippen molar-refractivity contribution < 1.29 is 21.5 Å². The van der Waals surface area contributed by atoms with Gasteiger partial charge in [-0.2, -0.15) is 8.42 Å². The van der Waals surface area contributed by atoms with E-state index >= 15 is 0 Å². The van der Waals surface area contributed by atoms with Crippen molar-refractivity contribution in [3.63, 3.8) is 0 Å². The molecule has 0 unspecified atom stereocenters. The van der Waals surface area contributed by atoms with E-state index in [9.17, 15) is 8.42 Å². The first-order valence-electron chi connectivity index (χ1n) is 5.28. The van der Waals surface area contributed by atoms with Gasteiger partial charge in [0.1, 0.15) is 0 Å². The highest BCUT2D eigenvalue weighted by Crippen LogP contribution is 2.19. The SMILES string of the molecule is C[N+]1(COS(=O)(=O)c2ccco2)CCCC1. The molecule has 0 radical (unpaired) electrons. The molecular formula is C10H16NO4S+. The molecule has 2 heterocycles. The van der Waals surface area contributed by atoms with E-state index in [1.807, 2.05) is 7.05 Å². The highest BCUT2D eigenvalue weighted by atomic mass is 32.2. The Hall–Kier alpha value is -0.850. The van der Waals surface area contributed by atoms with E-state index in [0.29, 0.717) is 4.48 Å². The van der Waals surface area contributed by atoms with Crippen molar-refractivity contribution in [2.75, 3.05) is 26.9 Å². The quantitative estimate of drug-likeness (QED) is 0.591. The molecule has 6 heteroatoms. The Bertz CT molecular complexity index is 431.